The number of fused-ring (bicyclic) bond motifs is 3. The Hall–Kier alpha value is -1.93. The number of rotatable bonds is 4. The largest absolute Gasteiger partial charge is 0.332 e. The lowest BCUT2D eigenvalue weighted by atomic mass is 10.1. The highest BCUT2D eigenvalue weighted by molar-refractivity contribution is 9.10. The summed E-state index contributed by atoms with van der Waals surface area (Å²) in [6, 6.07) is 14.8. The Balaban J connectivity index is 1.39. The summed E-state index contributed by atoms with van der Waals surface area (Å²) < 4.78 is 1.12. The van der Waals surface area contributed by atoms with Gasteiger partial charge in [-0.2, -0.15) is 0 Å². The standard InChI is InChI=1S/C22H15BrN2OS3/c1-11-18(9-20(29-11)21(26)27)19-10-28-22(25-19)24-15-3-5-17-13(8-15)6-12-7-14(23)2-4-16(12)17/h2-5,7-10H,6H2,1H3,(H,24,25)(H,26,27). The van der Waals surface area contributed by atoms with Crippen LogP contribution in [0.3, 0.4) is 0 Å². The van der Waals surface area contributed by atoms with Crippen molar-refractivity contribution in [3.63, 3.8) is 0 Å². The number of carbonyl (C=O) groups is 1. The zero-order valence-corrected chi connectivity index (χ0v) is 19.4. The number of halogens is 1. The molecule has 0 saturated heterocycles. The van der Waals surface area contributed by atoms with Crippen LogP contribution in [0.4, 0.5) is 10.8 Å². The summed E-state index contributed by atoms with van der Waals surface area (Å²) in [5.74, 6) is 0. The molecule has 2 aromatic carbocycles. The van der Waals surface area contributed by atoms with Crippen LogP contribution in [0.25, 0.3) is 22.4 Å². The summed E-state index contributed by atoms with van der Waals surface area (Å²) in [5, 5.41) is 6.08. The highest BCUT2D eigenvalue weighted by atomic mass is 79.9. The fourth-order valence-electron chi connectivity index (χ4n) is 3.68. The molecule has 1 aliphatic carbocycles. The van der Waals surface area contributed by atoms with Gasteiger partial charge in [-0.05, 0) is 65.9 Å². The number of hydrogen-bond donors (Lipinski definition) is 2. The first-order chi connectivity index (χ1) is 14.0. The molecule has 0 radical (unpaired) electrons. The minimum atomic E-state index is -0.205. The van der Waals surface area contributed by atoms with Gasteiger partial charge in [0.1, 0.15) is 0 Å². The van der Waals surface area contributed by atoms with Crippen molar-refractivity contribution in [3.8, 4) is 22.4 Å². The number of thiol groups is 1. The number of aromatic nitrogens is 1. The summed E-state index contributed by atoms with van der Waals surface area (Å²) in [4.78, 5) is 18.0. The van der Waals surface area contributed by atoms with E-state index in [9.17, 15) is 4.79 Å². The number of aryl methyl sites for hydroxylation is 1. The molecule has 4 aromatic rings. The predicted molar refractivity (Wildman–Crippen MR) is 129 cm³/mol. The molecule has 2 aromatic heterocycles. The van der Waals surface area contributed by atoms with Gasteiger partial charge in [0.25, 0.3) is 0 Å². The third-order valence-electron chi connectivity index (χ3n) is 5.00. The summed E-state index contributed by atoms with van der Waals surface area (Å²) >= 11 is 10.5. The highest BCUT2D eigenvalue weighted by Crippen LogP contribution is 2.40. The van der Waals surface area contributed by atoms with Crippen LogP contribution >= 0.6 is 51.2 Å². The third-order valence-corrected chi connectivity index (χ3v) is 7.70. The minimum absolute atomic E-state index is 0.205. The second kappa shape index (κ2) is 7.40. The predicted octanol–water partition coefficient (Wildman–Crippen LogP) is 7.33. The fraction of sp³-hybridized carbons (Fsp3) is 0.0909. The minimum Gasteiger partial charge on any atom is -0.332 e. The normalized spacial score (nSPS) is 12.0. The lowest BCUT2D eigenvalue weighted by molar-refractivity contribution is 0.109. The van der Waals surface area contributed by atoms with Crippen molar-refractivity contribution in [1.82, 2.24) is 4.98 Å². The van der Waals surface area contributed by atoms with Gasteiger partial charge in [0.2, 0.25) is 5.12 Å². The molecule has 0 atom stereocenters. The molecule has 3 nitrogen and oxygen atoms in total. The van der Waals surface area contributed by atoms with Crippen molar-refractivity contribution >= 4 is 67.2 Å². The zero-order valence-electron chi connectivity index (χ0n) is 15.3. The van der Waals surface area contributed by atoms with Gasteiger partial charge in [0, 0.05) is 26.0 Å². The second-order valence-corrected chi connectivity index (χ2v) is 10.3. The first kappa shape index (κ1) is 19.1. The molecule has 1 aliphatic rings. The molecule has 0 saturated carbocycles. The van der Waals surface area contributed by atoms with Crippen LogP contribution in [0, 0.1) is 6.92 Å². The van der Waals surface area contributed by atoms with Gasteiger partial charge in [-0.15, -0.1) is 22.7 Å². The Labute approximate surface area is 190 Å². The van der Waals surface area contributed by atoms with E-state index >= 15 is 0 Å². The van der Waals surface area contributed by atoms with Gasteiger partial charge in [-0.25, -0.2) is 4.98 Å². The molecule has 5 rings (SSSR count). The molecule has 0 bridgehead atoms. The number of carbonyl (C=O) groups excluding carboxylic acids is 1. The Morgan fingerprint density at radius 3 is 2.62 bits per heavy atom. The van der Waals surface area contributed by atoms with Crippen LogP contribution in [0.5, 0.6) is 0 Å². The lowest BCUT2D eigenvalue weighted by Gasteiger charge is -2.06. The Morgan fingerprint density at radius 1 is 1.10 bits per heavy atom. The van der Waals surface area contributed by atoms with E-state index in [0.29, 0.717) is 4.88 Å². The highest BCUT2D eigenvalue weighted by Gasteiger charge is 2.19. The van der Waals surface area contributed by atoms with E-state index in [2.05, 4.69) is 70.3 Å². The maximum absolute atomic E-state index is 11.5. The molecule has 29 heavy (non-hydrogen) atoms. The van der Waals surface area contributed by atoms with Gasteiger partial charge in [0.15, 0.2) is 5.13 Å². The van der Waals surface area contributed by atoms with Gasteiger partial charge >= 0.3 is 0 Å². The van der Waals surface area contributed by atoms with Crippen LogP contribution < -0.4 is 5.32 Å². The number of nitrogens with one attached hydrogen (secondary N) is 1. The summed E-state index contributed by atoms with van der Waals surface area (Å²) in [6.07, 6.45) is 0.942. The van der Waals surface area contributed by atoms with E-state index in [1.165, 1.54) is 33.6 Å². The van der Waals surface area contributed by atoms with Crippen molar-refractivity contribution in [1.29, 1.82) is 0 Å². The number of hydrogen-bond acceptors (Lipinski definition) is 5. The van der Waals surface area contributed by atoms with E-state index in [4.69, 9.17) is 4.98 Å². The first-order valence-electron chi connectivity index (χ1n) is 8.96. The molecule has 7 heteroatoms. The molecule has 0 aliphatic heterocycles. The van der Waals surface area contributed by atoms with Crippen molar-refractivity contribution in [3.05, 3.63) is 73.2 Å². The van der Waals surface area contributed by atoms with Crippen molar-refractivity contribution in [2.45, 2.75) is 13.3 Å². The average molecular weight is 499 g/mol. The quantitative estimate of drug-likeness (QED) is 0.255. The van der Waals surface area contributed by atoms with Gasteiger partial charge in [-0.3, -0.25) is 4.79 Å². The van der Waals surface area contributed by atoms with E-state index in [1.54, 1.807) is 11.3 Å². The number of anilines is 2. The Morgan fingerprint density at radius 2 is 1.86 bits per heavy atom. The van der Waals surface area contributed by atoms with Gasteiger partial charge in [-0.1, -0.05) is 40.7 Å². The average Bonchev–Trinajstić information content (AvgIpc) is 3.37. The second-order valence-electron chi connectivity index (χ2n) is 6.90. The van der Waals surface area contributed by atoms with E-state index in [0.717, 1.165) is 37.8 Å². The molecule has 2 heterocycles. The maximum atomic E-state index is 11.5. The summed E-state index contributed by atoms with van der Waals surface area (Å²) in [7, 11) is 0. The van der Waals surface area contributed by atoms with E-state index < -0.39 is 0 Å². The van der Waals surface area contributed by atoms with E-state index in [-0.39, 0.29) is 5.12 Å². The molecule has 0 unspecified atom stereocenters. The van der Waals surface area contributed by atoms with Crippen molar-refractivity contribution < 1.29 is 4.79 Å². The third kappa shape index (κ3) is 3.57. The lowest BCUT2D eigenvalue weighted by Crippen LogP contribution is -1.91. The first-order valence-corrected chi connectivity index (χ1v) is 11.9. The molecule has 144 valence electrons. The van der Waals surface area contributed by atoms with E-state index in [1.807, 2.05) is 18.4 Å². The van der Waals surface area contributed by atoms with Gasteiger partial charge < -0.3 is 5.32 Å². The van der Waals surface area contributed by atoms with Crippen LogP contribution in [0.1, 0.15) is 25.7 Å². The smallest absolute Gasteiger partial charge is 0.226 e. The Bertz CT molecular complexity index is 1280. The van der Waals surface area contributed by atoms with Crippen LogP contribution in [0.2, 0.25) is 0 Å². The molecule has 0 spiro atoms. The number of benzene rings is 2. The zero-order chi connectivity index (χ0) is 20.1. The summed E-state index contributed by atoms with van der Waals surface area (Å²) in [5.41, 5.74) is 8.20. The molecule has 0 amide bonds. The summed E-state index contributed by atoms with van der Waals surface area (Å²) in [6.45, 7) is 2.00. The monoisotopic (exact) mass is 498 g/mol. The number of nitrogens with zero attached hydrogens (tertiary/aromatic N) is 1. The van der Waals surface area contributed by atoms with Gasteiger partial charge in [0.05, 0.1) is 10.6 Å². The molecular formula is C22H15BrN2OS3. The van der Waals surface area contributed by atoms with Crippen LogP contribution in [-0.2, 0) is 6.42 Å². The van der Waals surface area contributed by atoms with Crippen molar-refractivity contribution in [2.75, 3.05) is 5.32 Å². The SMILES string of the molecule is Cc1sc(C(=O)S)cc1-c1csc(Nc2ccc3c(c2)Cc2cc(Br)ccc2-3)n1. The van der Waals surface area contributed by atoms with Crippen LogP contribution in [0.15, 0.2) is 52.3 Å². The van der Waals surface area contributed by atoms with Crippen molar-refractivity contribution in [2.24, 2.45) is 0 Å². The fourth-order valence-corrected chi connectivity index (χ4v) is 5.89. The Kier molecular flexibility index (Phi) is 4.86. The molecular weight excluding hydrogens is 484 g/mol. The molecule has 0 fully saturated rings. The molecule has 1 N–H and O–H groups in total. The maximum Gasteiger partial charge on any atom is 0.226 e. The van der Waals surface area contributed by atoms with Crippen LogP contribution in [-0.4, -0.2) is 10.1 Å². The topological polar surface area (TPSA) is 42.0 Å². The number of thiophene rings is 1. The number of thiazole rings is 1.